The summed E-state index contributed by atoms with van der Waals surface area (Å²) in [6.07, 6.45) is 1.45. The molecule has 1 aromatic heterocycles. The molecule has 0 saturated carbocycles. The van der Waals surface area contributed by atoms with Crippen LogP contribution in [0.25, 0.3) is 0 Å². The van der Waals surface area contributed by atoms with Gasteiger partial charge in [-0.25, -0.2) is 4.98 Å². The van der Waals surface area contributed by atoms with Crippen LogP contribution in [-0.2, 0) is 0 Å². The van der Waals surface area contributed by atoms with Crippen LogP contribution in [0.4, 0.5) is 11.4 Å². The molecule has 0 unspecified atom stereocenters. The summed E-state index contributed by atoms with van der Waals surface area (Å²) in [4.78, 5) is 26.5. The average Bonchev–Trinajstić information content (AvgIpc) is 2.43. The number of rotatable bonds is 3. The molecule has 0 aliphatic rings. The predicted octanol–water partition coefficient (Wildman–Crippen LogP) is 3.97. The van der Waals surface area contributed by atoms with Crippen LogP contribution in [0.1, 0.15) is 15.9 Å². The first-order valence-electron chi connectivity index (χ1n) is 5.76. The van der Waals surface area contributed by atoms with Crippen molar-refractivity contribution in [1.29, 1.82) is 0 Å². The molecule has 2 aromatic rings. The van der Waals surface area contributed by atoms with Crippen molar-refractivity contribution >= 4 is 44.8 Å². The van der Waals surface area contributed by atoms with Gasteiger partial charge in [-0.1, -0.05) is 17.7 Å². The first kappa shape index (κ1) is 15.4. The number of nitrogens with zero attached hydrogens (tertiary/aromatic N) is 2. The van der Waals surface area contributed by atoms with E-state index in [1.807, 2.05) is 0 Å². The number of hydrogen-bond acceptors (Lipinski definition) is 4. The maximum atomic E-state index is 12.2. The lowest BCUT2D eigenvalue weighted by atomic mass is 10.2. The van der Waals surface area contributed by atoms with Gasteiger partial charge in [0.05, 0.1) is 10.5 Å². The molecule has 0 radical (unpaired) electrons. The average molecular weight is 371 g/mol. The third-order valence-electron chi connectivity index (χ3n) is 2.65. The number of aryl methyl sites for hydroxylation is 1. The Morgan fingerprint density at radius 1 is 1.43 bits per heavy atom. The Morgan fingerprint density at radius 2 is 2.14 bits per heavy atom. The highest BCUT2D eigenvalue weighted by Crippen LogP contribution is 2.27. The fourth-order valence-corrected chi connectivity index (χ4v) is 2.19. The number of carbonyl (C=O) groups excluding carboxylic acids is 1. The van der Waals surface area contributed by atoms with Crippen LogP contribution in [0.15, 0.2) is 34.9 Å². The van der Waals surface area contributed by atoms with E-state index in [-0.39, 0.29) is 22.1 Å². The lowest BCUT2D eigenvalue weighted by molar-refractivity contribution is -0.384. The third-order valence-corrected chi connectivity index (χ3v) is 3.38. The number of benzene rings is 1. The number of anilines is 1. The molecule has 1 heterocycles. The van der Waals surface area contributed by atoms with Crippen molar-refractivity contribution in [2.45, 2.75) is 6.92 Å². The molecule has 0 fully saturated rings. The lowest BCUT2D eigenvalue weighted by Crippen LogP contribution is -2.14. The normalized spacial score (nSPS) is 10.2. The monoisotopic (exact) mass is 369 g/mol. The summed E-state index contributed by atoms with van der Waals surface area (Å²) in [6, 6.07) is 6.02. The Morgan fingerprint density at radius 3 is 2.81 bits per heavy atom. The summed E-state index contributed by atoms with van der Waals surface area (Å²) in [5.41, 5.74) is 0.775. The Hall–Kier alpha value is -1.99. The molecule has 108 valence electrons. The van der Waals surface area contributed by atoms with Gasteiger partial charge < -0.3 is 5.32 Å². The van der Waals surface area contributed by atoms with Crippen molar-refractivity contribution in [3.8, 4) is 0 Å². The highest BCUT2D eigenvalue weighted by molar-refractivity contribution is 9.10. The molecule has 1 N–H and O–H groups in total. The van der Waals surface area contributed by atoms with E-state index in [1.165, 1.54) is 24.4 Å². The van der Waals surface area contributed by atoms with Crippen molar-refractivity contribution in [3.63, 3.8) is 0 Å². The number of halogens is 2. The highest BCUT2D eigenvalue weighted by atomic mass is 79.9. The van der Waals surface area contributed by atoms with Gasteiger partial charge in [-0.05, 0) is 40.5 Å². The largest absolute Gasteiger partial charge is 0.316 e. The minimum Gasteiger partial charge on any atom is -0.316 e. The molecule has 0 bridgehead atoms. The molecule has 21 heavy (non-hydrogen) atoms. The van der Waals surface area contributed by atoms with Crippen LogP contribution in [0, 0.1) is 17.0 Å². The number of hydrogen-bond donors (Lipinski definition) is 1. The number of carbonyl (C=O) groups is 1. The van der Waals surface area contributed by atoms with Crippen LogP contribution in [0.3, 0.4) is 0 Å². The fourth-order valence-electron chi connectivity index (χ4n) is 1.67. The second-order valence-corrected chi connectivity index (χ2v) is 5.50. The quantitative estimate of drug-likeness (QED) is 0.503. The van der Waals surface area contributed by atoms with Gasteiger partial charge >= 0.3 is 0 Å². The number of nitro groups is 1. The molecule has 1 amide bonds. The van der Waals surface area contributed by atoms with Crippen LogP contribution in [0.2, 0.25) is 5.15 Å². The van der Waals surface area contributed by atoms with Gasteiger partial charge in [0.25, 0.3) is 11.6 Å². The first-order chi connectivity index (χ1) is 9.88. The smallest absolute Gasteiger partial charge is 0.293 e. The van der Waals surface area contributed by atoms with E-state index >= 15 is 0 Å². The summed E-state index contributed by atoms with van der Waals surface area (Å²) in [6.45, 7) is 1.73. The lowest BCUT2D eigenvalue weighted by Gasteiger charge is -2.08. The third kappa shape index (κ3) is 3.56. The van der Waals surface area contributed by atoms with Crippen molar-refractivity contribution in [2.24, 2.45) is 0 Å². The van der Waals surface area contributed by atoms with E-state index < -0.39 is 10.8 Å². The second kappa shape index (κ2) is 6.19. The number of amides is 1. The summed E-state index contributed by atoms with van der Waals surface area (Å²) in [5, 5.41) is 13.5. The molecule has 6 nitrogen and oxygen atoms in total. The second-order valence-electron chi connectivity index (χ2n) is 4.22. The van der Waals surface area contributed by atoms with Crippen molar-refractivity contribution in [1.82, 2.24) is 4.98 Å². The molecule has 2 rings (SSSR count). The topological polar surface area (TPSA) is 85.1 Å². The Balaban J connectivity index is 2.36. The Bertz CT molecular complexity index is 737. The summed E-state index contributed by atoms with van der Waals surface area (Å²) < 4.78 is 0.579. The maximum absolute atomic E-state index is 12.2. The van der Waals surface area contributed by atoms with Crippen molar-refractivity contribution in [2.75, 3.05) is 5.32 Å². The van der Waals surface area contributed by atoms with Crippen molar-refractivity contribution in [3.05, 3.63) is 61.3 Å². The van der Waals surface area contributed by atoms with E-state index in [0.717, 1.165) is 5.56 Å². The predicted molar refractivity (Wildman–Crippen MR) is 82.7 cm³/mol. The van der Waals surface area contributed by atoms with Gasteiger partial charge in [0, 0.05) is 16.7 Å². The minimum atomic E-state index is -0.569. The van der Waals surface area contributed by atoms with Crippen LogP contribution in [-0.4, -0.2) is 15.8 Å². The molecular weight excluding hydrogens is 362 g/mol. The number of pyridine rings is 1. The van der Waals surface area contributed by atoms with E-state index in [4.69, 9.17) is 11.6 Å². The highest BCUT2D eigenvalue weighted by Gasteiger charge is 2.18. The van der Waals surface area contributed by atoms with E-state index in [2.05, 4.69) is 26.2 Å². The van der Waals surface area contributed by atoms with Crippen LogP contribution < -0.4 is 5.32 Å². The number of nitro benzene ring substituents is 1. The summed E-state index contributed by atoms with van der Waals surface area (Å²) in [7, 11) is 0. The van der Waals surface area contributed by atoms with Gasteiger partial charge in [0.1, 0.15) is 10.8 Å². The zero-order chi connectivity index (χ0) is 15.6. The van der Waals surface area contributed by atoms with Crippen LogP contribution >= 0.6 is 27.5 Å². The molecule has 8 heteroatoms. The van der Waals surface area contributed by atoms with Crippen molar-refractivity contribution < 1.29 is 9.72 Å². The Labute approximate surface area is 133 Å². The molecular formula is C13H9BrClN3O3. The minimum absolute atomic E-state index is 0.0189. The van der Waals surface area contributed by atoms with Gasteiger partial charge in [-0.15, -0.1) is 0 Å². The zero-order valence-electron chi connectivity index (χ0n) is 10.8. The van der Waals surface area contributed by atoms with Gasteiger partial charge in [0.15, 0.2) is 0 Å². The van der Waals surface area contributed by atoms with E-state index in [1.54, 1.807) is 13.0 Å². The van der Waals surface area contributed by atoms with Crippen LogP contribution in [0.5, 0.6) is 0 Å². The molecule has 0 spiro atoms. The summed E-state index contributed by atoms with van der Waals surface area (Å²) in [5.74, 6) is -0.569. The van der Waals surface area contributed by atoms with Gasteiger partial charge in [-0.3, -0.25) is 14.9 Å². The van der Waals surface area contributed by atoms with E-state index in [0.29, 0.717) is 4.47 Å². The fraction of sp³-hybridized carbons (Fsp3) is 0.0769. The van der Waals surface area contributed by atoms with E-state index in [9.17, 15) is 14.9 Å². The SMILES string of the molecule is Cc1ccc(NC(=O)c2cc(Br)cnc2Cl)c([N+](=O)[O-])c1. The Kier molecular flexibility index (Phi) is 4.54. The van der Waals surface area contributed by atoms with Gasteiger partial charge in [0.2, 0.25) is 0 Å². The number of aromatic nitrogens is 1. The molecule has 0 aliphatic carbocycles. The van der Waals surface area contributed by atoms with Gasteiger partial charge in [-0.2, -0.15) is 0 Å². The molecule has 1 aromatic carbocycles. The molecule has 0 atom stereocenters. The summed E-state index contributed by atoms with van der Waals surface area (Å²) >= 11 is 9.05. The number of nitrogens with one attached hydrogen (secondary N) is 1. The molecule has 0 saturated heterocycles. The first-order valence-corrected chi connectivity index (χ1v) is 6.93. The molecule has 0 aliphatic heterocycles. The zero-order valence-corrected chi connectivity index (χ0v) is 13.1. The maximum Gasteiger partial charge on any atom is 0.293 e. The standard InChI is InChI=1S/C13H9BrClN3O3/c1-7-2-3-10(11(4-7)18(20)21)17-13(19)9-5-8(14)6-16-12(9)15/h2-6H,1H3,(H,17,19).